The Morgan fingerprint density at radius 2 is 2.00 bits per heavy atom. The first-order valence-corrected chi connectivity index (χ1v) is 10.1. The number of aromatic amines is 1. The Morgan fingerprint density at radius 1 is 1.14 bits per heavy atom. The number of aliphatic hydroxyl groups excluding tert-OH is 1. The first kappa shape index (κ1) is 19.9. The largest absolute Gasteiger partial charge is 0.497 e. The van der Waals surface area contributed by atoms with Gasteiger partial charge in [-0.1, -0.05) is 24.3 Å². The number of aliphatic hydroxyl groups is 1. The fourth-order valence-electron chi connectivity index (χ4n) is 4.19. The van der Waals surface area contributed by atoms with Gasteiger partial charge in [-0.05, 0) is 30.0 Å². The summed E-state index contributed by atoms with van der Waals surface area (Å²) < 4.78 is 19.5. The Morgan fingerprint density at radius 3 is 2.76 bits per heavy atom. The van der Waals surface area contributed by atoms with Crippen molar-refractivity contribution in [2.24, 2.45) is 0 Å². The summed E-state index contributed by atoms with van der Waals surface area (Å²) in [6, 6.07) is 15.7. The van der Waals surface area contributed by atoms with Gasteiger partial charge < -0.3 is 14.8 Å². The van der Waals surface area contributed by atoms with Gasteiger partial charge in [0.15, 0.2) is 0 Å². The van der Waals surface area contributed by atoms with Crippen LogP contribution in [0, 0.1) is 5.82 Å². The molecule has 1 fully saturated rings. The maximum Gasteiger partial charge on any atom is 0.131 e. The number of benzene rings is 2. The number of hydrogen-bond acceptors (Lipinski definition) is 4. The fourth-order valence-corrected chi connectivity index (χ4v) is 4.19. The highest BCUT2D eigenvalue weighted by atomic mass is 19.1. The van der Waals surface area contributed by atoms with Crippen LogP contribution in [0.5, 0.6) is 5.75 Å². The Balaban J connectivity index is 1.42. The van der Waals surface area contributed by atoms with Crippen molar-refractivity contribution in [2.45, 2.75) is 25.6 Å². The molecule has 154 valence electrons. The number of H-pyrrole nitrogens is 1. The number of piperazine rings is 1. The SMILES string of the molecule is COc1ccc(CN2CCN(Cc3cc4ccccc4[nH]3)CC2CCO)c(F)c1. The second-order valence-electron chi connectivity index (χ2n) is 7.71. The summed E-state index contributed by atoms with van der Waals surface area (Å²) in [5, 5.41) is 10.8. The molecule has 1 aliphatic heterocycles. The average Bonchev–Trinajstić information content (AvgIpc) is 3.13. The summed E-state index contributed by atoms with van der Waals surface area (Å²) in [6.45, 7) is 4.13. The highest BCUT2D eigenvalue weighted by molar-refractivity contribution is 5.80. The van der Waals surface area contributed by atoms with Crippen LogP contribution in [0.3, 0.4) is 0 Å². The number of fused-ring (bicyclic) bond motifs is 1. The zero-order chi connectivity index (χ0) is 20.2. The molecule has 3 aromatic rings. The van der Waals surface area contributed by atoms with Gasteiger partial charge in [-0.2, -0.15) is 0 Å². The Labute approximate surface area is 170 Å². The van der Waals surface area contributed by atoms with E-state index < -0.39 is 0 Å². The average molecular weight is 397 g/mol. The van der Waals surface area contributed by atoms with Crippen molar-refractivity contribution < 1.29 is 14.2 Å². The van der Waals surface area contributed by atoms with Crippen molar-refractivity contribution in [1.82, 2.24) is 14.8 Å². The molecule has 2 N–H and O–H groups in total. The molecule has 1 aliphatic rings. The van der Waals surface area contributed by atoms with Gasteiger partial charge in [0.1, 0.15) is 11.6 Å². The van der Waals surface area contributed by atoms with Gasteiger partial charge in [0.25, 0.3) is 0 Å². The van der Waals surface area contributed by atoms with Crippen molar-refractivity contribution in [1.29, 1.82) is 0 Å². The summed E-state index contributed by atoms with van der Waals surface area (Å²) in [7, 11) is 1.54. The molecule has 5 nitrogen and oxygen atoms in total. The predicted molar refractivity (Wildman–Crippen MR) is 112 cm³/mol. The first-order chi connectivity index (χ1) is 14.2. The summed E-state index contributed by atoms with van der Waals surface area (Å²) in [4.78, 5) is 8.18. The Kier molecular flexibility index (Phi) is 6.13. The van der Waals surface area contributed by atoms with Crippen LogP contribution in [0.25, 0.3) is 10.9 Å². The van der Waals surface area contributed by atoms with Crippen LogP contribution in [0.1, 0.15) is 17.7 Å². The van der Waals surface area contributed by atoms with Gasteiger partial charge in [0.05, 0.1) is 7.11 Å². The molecular weight excluding hydrogens is 369 g/mol. The predicted octanol–water partition coefficient (Wildman–Crippen LogP) is 3.38. The number of hydrogen-bond donors (Lipinski definition) is 2. The molecule has 2 heterocycles. The van der Waals surface area contributed by atoms with E-state index in [1.165, 1.54) is 24.3 Å². The minimum atomic E-state index is -0.243. The normalized spacial score (nSPS) is 18.4. The number of para-hydroxylation sites is 1. The topological polar surface area (TPSA) is 51.7 Å². The van der Waals surface area contributed by atoms with Crippen molar-refractivity contribution in [3.05, 3.63) is 65.6 Å². The number of halogens is 1. The maximum absolute atomic E-state index is 14.4. The quantitative estimate of drug-likeness (QED) is 0.642. The number of ether oxygens (including phenoxy) is 1. The molecule has 0 radical (unpaired) electrons. The van der Waals surface area contributed by atoms with Crippen LogP contribution < -0.4 is 4.74 Å². The number of methoxy groups -OCH3 is 1. The van der Waals surface area contributed by atoms with Gasteiger partial charge in [0, 0.05) is 68.2 Å². The first-order valence-electron chi connectivity index (χ1n) is 10.1. The highest BCUT2D eigenvalue weighted by Gasteiger charge is 2.27. The van der Waals surface area contributed by atoms with E-state index in [-0.39, 0.29) is 18.5 Å². The lowest BCUT2D eigenvalue weighted by Gasteiger charge is -2.41. The van der Waals surface area contributed by atoms with Crippen LogP contribution in [0.4, 0.5) is 4.39 Å². The van der Waals surface area contributed by atoms with E-state index in [1.54, 1.807) is 12.1 Å². The number of rotatable bonds is 7. The molecule has 4 rings (SSSR count). The van der Waals surface area contributed by atoms with Crippen molar-refractivity contribution in [2.75, 3.05) is 33.4 Å². The lowest BCUT2D eigenvalue weighted by atomic mass is 10.1. The summed E-state index contributed by atoms with van der Waals surface area (Å²) >= 11 is 0. The van der Waals surface area contributed by atoms with E-state index in [0.29, 0.717) is 24.3 Å². The molecule has 29 heavy (non-hydrogen) atoms. The molecule has 0 amide bonds. The molecule has 0 bridgehead atoms. The summed E-state index contributed by atoms with van der Waals surface area (Å²) in [5.41, 5.74) is 3.02. The van der Waals surface area contributed by atoms with E-state index in [4.69, 9.17) is 4.74 Å². The molecule has 1 aromatic heterocycles. The fraction of sp³-hybridized carbons (Fsp3) is 0.391. The molecule has 2 aromatic carbocycles. The molecular formula is C23H28FN3O2. The standard InChI is InChI=1S/C23H28FN3O2/c1-29-21-7-6-18(22(24)13-21)14-27-10-9-26(16-20(27)8-11-28)15-19-12-17-4-2-3-5-23(17)25-19/h2-7,12-13,20,25,28H,8-11,14-16H2,1H3. The van der Waals surface area contributed by atoms with Gasteiger partial charge >= 0.3 is 0 Å². The lowest BCUT2D eigenvalue weighted by molar-refractivity contribution is 0.0488. The molecule has 0 spiro atoms. The third-order valence-corrected chi connectivity index (χ3v) is 5.76. The number of nitrogens with one attached hydrogen (secondary N) is 1. The van der Waals surface area contributed by atoms with Gasteiger partial charge in [-0.15, -0.1) is 0 Å². The molecule has 6 heteroatoms. The maximum atomic E-state index is 14.4. The van der Waals surface area contributed by atoms with Crippen molar-refractivity contribution in [3.63, 3.8) is 0 Å². The zero-order valence-corrected chi connectivity index (χ0v) is 16.8. The van der Waals surface area contributed by atoms with Crippen molar-refractivity contribution >= 4 is 10.9 Å². The lowest BCUT2D eigenvalue weighted by Crippen LogP contribution is -2.52. The monoisotopic (exact) mass is 397 g/mol. The Bertz CT molecular complexity index is 925. The second kappa shape index (κ2) is 8.95. The molecule has 1 saturated heterocycles. The molecule has 1 unspecified atom stereocenters. The van der Waals surface area contributed by atoms with Crippen LogP contribution in [-0.2, 0) is 13.1 Å². The van der Waals surface area contributed by atoms with E-state index in [0.717, 1.165) is 31.7 Å². The minimum absolute atomic E-state index is 0.131. The number of nitrogens with zero attached hydrogens (tertiary/aromatic N) is 2. The summed E-state index contributed by atoms with van der Waals surface area (Å²) in [5.74, 6) is 0.286. The third kappa shape index (κ3) is 4.61. The third-order valence-electron chi connectivity index (χ3n) is 5.76. The second-order valence-corrected chi connectivity index (χ2v) is 7.71. The minimum Gasteiger partial charge on any atom is -0.497 e. The number of aromatic nitrogens is 1. The van der Waals surface area contributed by atoms with Gasteiger partial charge in [0.2, 0.25) is 0 Å². The van der Waals surface area contributed by atoms with Gasteiger partial charge in [-0.3, -0.25) is 9.80 Å². The smallest absolute Gasteiger partial charge is 0.131 e. The van der Waals surface area contributed by atoms with E-state index in [2.05, 4.69) is 33.0 Å². The molecule has 1 atom stereocenters. The van der Waals surface area contributed by atoms with Crippen molar-refractivity contribution in [3.8, 4) is 5.75 Å². The highest BCUT2D eigenvalue weighted by Crippen LogP contribution is 2.23. The molecule has 0 aliphatic carbocycles. The molecule has 0 saturated carbocycles. The Hall–Kier alpha value is -2.41. The van der Waals surface area contributed by atoms with Crippen LogP contribution in [0.2, 0.25) is 0 Å². The summed E-state index contributed by atoms with van der Waals surface area (Å²) in [6.07, 6.45) is 0.682. The van der Waals surface area contributed by atoms with Gasteiger partial charge in [-0.25, -0.2) is 4.39 Å². The van der Waals surface area contributed by atoms with Crippen LogP contribution in [0.15, 0.2) is 48.5 Å². The van der Waals surface area contributed by atoms with Crippen LogP contribution >= 0.6 is 0 Å². The van der Waals surface area contributed by atoms with Crippen LogP contribution in [-0.4, -0.2) is 59.3 Å². The van der Waals surface area contributed by atoms with E-state index >= 15 is 0 Å². The van der Waals surface area contributed by atoms with E-state index in [1.807, 2.05) is 12.1 Å². The zero-order valence-electron chi connectivity index (χ0n) is 16.8. The van der Waals surface area contributed by atoms with E-state index in [9.17, 15) is 9.50 Å².